The van der Waals surface area contributed by atoms with E-state index in [1.165, 1.54) is 12.1 Å². The molecule has 0 amide bonds. The Balaban J connectivity index is 1.25. The van der Waals surface area contributed by atoms with Gasteiger partial charge in [0.15, 0.2) is 13.2 Å². The lowest BCUT2D eigenvalue weighted by atomic mass is 10.2. The molecular weight excluding hydrogens is 460 g/mol. The smallest absolute Gasteiger partial charge is 0.338 e. The van der Waals surface area contributed by atoms with Gasteiger partial charge in [0.25, 0.3) is 0 Å². The van der Waals surface area contributed by atoms with Gasteiger partial charge in [-0.05, 0) is 60.7 Å². The number of rotatable bonds is 10. The summed E-state index contributed by atoms with van der Waals surface area (Å²) in [6.07, 6.45) is 0. The highest BCUT2D eigenvalue weighted by molar-refractivity contribution is 5.94. The Bertz CT molecular complexity index is 1230. The third kappa shape index (κ3) is 7.04. The maximum atomic E-state index is 12.3. The van der Waals surface area contributed by atoms with Gasteiger partial charge in [0.05, 0.1) is 11.1 Å². The fourth-order valence-electron chi connectivity index (χ4n) is 3.12. The first-order valence-electron chi connectivity index (χ1n) is 11.1. The number of para-hydroxylation sites is 2. The second-order valence-corrected chi connectivity index (χ2v) is 7.58. The van der Waals surface area contributed by atoms with Crippen molar-refractivity contribution in [2.75, 3.05) is 13.2 Å². The summed E-state index contributed by atoms with van der Waals surface area (Å²) in [6, 6.07) is 31.1. The maximum Gasteiger partial charge on any atom is 0.338 e. The molecule has 180 valence electrons. The number of esters is 2. The molecule has 4 aromatic carbocycles. The van der Waals surface area contributed by atoms with Gasteiger partial charge in [-0.3, -0.25) is 4.79 Å². The van der Waals surface area contributed by atoms with Crippen molar-refractivity contribution in [3.05, 3.63) is 120 Å². The molecule has 0 bridgehead atoms. The van der Waals surface area contributed by atoms with Gasteiger partial charge < -0.3 is 18.9 Å². The molecule has 0 fully saturated rings. The first-order chi connectivity index (χ1) is 17.6. The number of hydrogen-bond acceptors (Lipinski definition) is 7. The minimum absolute atomic E-state index is 0.225. The highest BCUT2D eigenvalue weighted by Gasteiger charge is 2.15. The molecular formula is C29H22O7. The first kappa shape index (κ1) is 24.2. The number of Topliss-reactive ketones (excluding diaryl/α,β-unsaturated/α-hetero) is 1. The quantitative estimate of drug-likeness (QED) is 0.262. The second kappa shape index (κ2) is 12.0. The van der Waals surface area contributed by atoms with Gasteiger partial charge in [0, 0.05) is 0 Å². The summed E-state index contributed by atoms with van der Waals surface area (Å²) in [6.45, 7) is -1.07. The molecule has 0 saturated heterocycles. The number of carbonyl (C=O) groups excluding carboxylic acids is 3. The van der Waals surface area contributed by atoms with Crippen molar-refractivity contribution in [3.63, 3.8) is 0 Å². The van der Waals surface area contributed by atoms with E-state index in [0.717, 1.165) is 0 Å². The highest BCUT2D eigenvalue weighted by Crippen LogP contribution is 2.23. The summed E-state index contributed by atoms with van der Waals surface area (Å²) >= 11 is 0. The van der Waals surface area contributed by atoms with Crippen LogP contribution in [0.25, 0.3) is 0 Å². The molecule has 0 radical (unpaired) electrons. The van der Waals surface area contributed by atoms with Crippen molar-refractivity contribution in [3.8, 4) is 23.0 Å². The van der Waals surface area contributed by atoms with E-state index < -0.39 is 30.9 Å². The summed E-state index contributed by atoms with van der Waals surface area (Å²) in [5.74, 6) is 0.195. The molecule has 0 aromatic heterocycles. The van der Waals surface area contributed by atoms with E-state index in [0.29, 0.717) is 23.0 Å². The molecule has 36 heavy (non-hydrogen) atoms. The number of ketones is 1. The lowest BCUT2D eigenvalue weighted by molar-refractivity contribution is -0.125. The summed E-state index contributed by atoms with van der Waals surface area (Å²) in [4.78, 5) is 36.8. The van der Waals surface area contributed by atoms with Crippen LogP contribution < -0.4 is 9.47 Å². The Kier molecular flexibility index (Phi) is 8.07. The van der Waals surface area contributed by atoms with E-state index in [2.05, 4.69) is 0 Å². The summed E-state index contributed by atoms with van der Waals surface area (Å²) in [5, 5.41) is 0. The first-order valence-corrected chi connectivity index (χ1v) is 11.1. The van der Waals surface area contributed by atoms with Crippen molar-refractivity contribution in [2.45, 2.75) is 0 Å². The summed E-state index contributed by atoms with van der Waals surface area (Å²) in [7, 11) is 0. The van der Waals surface area contributed by atoms with E-state index in [9.17, 15) is 14.4 Å². The monoisotopic (exact) mass is 482 g/mol. The Morgan fingerprint density at radius 2 is 0.861 bits per heavy atom. The molecule has 0 N–H and O–H groups in total. The molecule has 4 rings (SSSR count). The van der Waals surface area contributed by atoms with Crippen LogP contribution in [0.5, 0.6) is 23.0 Å². The van der Waals surface area contributed by atoms with Gasteiger partial charge in [-0.15, -0.1) is 0 Å². The molecule has 7 nitrogen and oxygen atoms in total. The van der Waals surface area contributed by atoms with Crippen LogP contribution in [-0.4, -0.2) is 30.9 Å². The number of benzene rings is 4. The number of carbonyl (C=O) groups is 3. The molecule has 0 aliphatic carbocycles. The van der Waals surface area contributed by atoms with Crippen LogP contribution in [0.4, 0.5) is 0 Å². The summed E-state index contributed by atoms with van der Waals surface area (Å²) < 4.78 is 21.5. The van der Waals surface area contributed by atoms with E-state index in [1.54, 1.807) is 60.7 Å². The SMILES string of the molecule is O=C(COC(=O)c1cccc(Oc2ccccc2)c1)COC(=O)c1cccc(Oc2ccccc2)c1. The normalized spacial score (nSPS) is 10.2. The average Bonchev–Trinajstić information content (AvgIpc) is 2.92. The Hall–Kier alpha value is -4.91. The van der Waals surface area contributed by atoms with Gasteiger partial charge >= 0.3 is 11.9 Å². The predicted molar refractivity (Wildman–Crippen MR) is 131 cm³/mol. The second-order valence-electron chi connectivity index (χ2n) is 7.58. The Morgan fingerprint density at radius 1 is 0.472 bits per heavy atom. The zero-order chi connectivity index (χ0) is 25.2. The molecule has 0 saturated carbocycles. The largest absolute Gasteiger partial charge is 0.457 e. The minimum atomic E-state index is -0.695. The molecule has 0 unspecified atom stereocenters. The molecule has 4 aromatic rings. The predicted octanol–water partition coefficient (Wildman–Crippen LogP) is 5.85. The van der Waals surface area contributed by atoms with Gasteiger partial charge in [0.1, 0.15) is 23.0 Å². The van der Waals surface area contributed by atoms with Crippen LogP contribution in [0.3, 0.4) is 0 Å². The zero-order valence-electron chi connectivity index (χ0n) is 19.2. The van der Waals surface area contributed by atoms with Crippen LogP contribution in [0.2, 0.25) is 0 Å². The van der Waals surface area contributed by atoms with Crippen LogP contribution >= 0.6 is 0 Å². The van der Waals surface area contributed by atoms with Gasteiger partial charge in [-0.2, -0.15) is 0 Å². The Morgan fingerprint density at radius 3 is 1.28 bits per heavy atom. The Labute approximate surface area is 207 Å². The van der Waals surface area contributed by atoms with Gasteiger partial charge in [0.2, 0.25) is 5.78 Å². The van der Waals surface area contributed by atoms with Gasteiger partial charge in [-0.25, -0.2) is 9.59 Å². The highest BCUT2D eigenvalue weighted by atomic mass is 16.6. The third-order valence-electron chi connectivity index (χ3n) is 4.83. The van der Waals surface area contributed by atoms with Crippen LogP contribution in [0.1, 0.15) is 20.7 Å². The average molecular weight is 482 g/mol. The molecule has 0 spiro atoms. The third-order valence-corrected chi connectivity index (χ3v) is 4.83. The van der Waals surface area contributed by atoms with Crippen molar-refractivity contribution in [1.82, 2.24) is 0 Å². The van der Waals surface area contributed by atoms with Crippen molar-refractivity contribution in [2.24, 2.45) is 0 Å². The number of ether oxygens (including phenoxy) is 4. The standard InChI is InChI=1S/C29H22O7/c30-23(19-33-28(31)21-9-7-15-26(17-21)35-24-11-3-1-4-12-24)20-34-29(32)22-10-8-16-27(18-22)36-25-13-5-2-6-14-25/h1-18H,19-20H2. The van der Waals surface area contributed by atoms with Crippen LogP contribution in [-0.2, 0) is 14.3 Å². The van der Waals surface area contributed by atoms with E-state index in [1.807, 2.05) is 36.4 Å². The van der Waals surface area contributed by atoms with Crippen LogP contribution in [0.15, 0.2) is 109 Å². The molecule has 0 aliphatic heterocycles. The lowest BCUT2D eigenvalue weighted by Crippen LogP contribution is -2.20. The topological polar surface area (TPSA) is 88.1 Å². The van der Waals surface area contributed by atoms with Crippen LogP contribution in [0, 0.1) is 0 Å². The van der Waals surface area contributed by atoms with E-state index in [-0.39, 0.29) is 11.1 Å². The molecule has 0 atom stereocenters. The molecule has 7 heteroatoms. The zero-order valence-corrected chi connectivity index (χ0v) is 19.2. The van der Waals surface area contributed by atoms with Crippen molar-refractivity contribution < 1.29 is 33.3 Å². The molecule has 0 heterocycles. The lowest BCUT2D eigenvalue weighted by Gasteiger charge is -2.09. The van der Waals surface area contributed by atoms with Gasteiger partial charge in [-0.1, -0.05) is 48.5 Å². The number of hydrogen-bond donors (Lipinski definition) is 0. The van der Waals surface area contributed by atoms with E-state index in [4.69, 9.17) is 18.9 Å². The maximum absolute atomic E-state index is 12.3. The fraction of sp³-hybridized carbons (Fsp3) is 0.0690. The summed E-state index contributed by atoms with van der Waals surface area (Å²) in [5.41, 5.74) is 0.451. The van der Waals surface area contributed by atoms with Crippen molar-refractivity contribution in [1.29, 1.82) is 0 Å². The molecule has 0 aliphatic rings. The van der Waals surface area contributed by atoms with E-state index >= 15 is 0 Å². The fourth-order valence-corrected chi connectivity index (χ4v) is 3.12. The van der Waals surface area contributed by atoms with Crippen molar-refractivity contribution >= 4 is 17.7 Å². The minimum Gasteiger partial charge on any atom is -0.457 e.